The molecule has 0 saturated heterocycles. The number of carbonyl (C=O) groups is 1. The number of hydrogen-bond acceptors (Lipinski definition) is 4. The summed E-state index contributed by atoms with van der Waals surface area (Å²) in [5.41, 5.74) is 1.65. The van der Waals surface area contributed by atoms with Crippen molar-refractivity contribution in [2.45, 2.75) is 110 Å². The highest BCUT2D eigenvalue weighted by atomic mass is 16.5. The van der Waals surface area contributed by atoms with Crippen molar-refractivity contribution in [1.29, 1.82) is 0 Å². The van der Waals surface area contributed by atoms with Gasteiger partial charge in [0.25, 0.3) is 0 Å². The van der Waals surface area contributed by atoms with Crippen LogP contribution < -0.4 is 5.32 Å². The summed E-state index contributed by atoms with van der Waals surface area (Å²) in [7, 11) is 0. The maximum Gasteiger partial charge on any atom is 0.407 e. The maximum atomic E-state index is 12.1. The first kappa shape index (κ1) is 28.0. The lowest BCUT2D eigenvalue weighted by atomic mass is 9.41. The van der Waals surface area contributed by atoms with Gasteiger partial charge in [0.2, 0.25) is 0 Å². The van der Waals surface area contributed by atoms with Crippen molar-refractivity contribution in [1.82, 2.24) is 5.32 Å². The van der Waals surface area contributed by atoms with Crippen molar-refractivity contribution in [2.75, 3.05) is 6.61 Å². The Morgan fingerprint density at radius 3 is 2.47 bits per heavy atom. The Kier molecular flexibility index (Phi) is 8.45. The number of carbonyl (C=O) groups excluding carboxylic acids is 1. The summed E-state index contributed by atoms with van der Waals surface area (Å²) >= 11 is 0. The molecule has 5 nitrogen and oxygen atoms in total. The third-order valence-electron chi connectivity index (χ3n) is 12.0. The molecule has 4 aliphatic rings. The Bertz CT molecular complexity index is 938. The van der Waals surface area contributed by atoms with Gasteiger partial charge in [-0.25, -0.2) is 4.79 Å². The minimum atomic E-state index is -0.334. The van der Waals surface area contributed by atoms with Crippen LogP contribution >= 0.6 is 0 Å². The van der Waals surface area contributed by atoms with Crippen LogP contribution in [0.25, 0.3) is 0 Å². The van der Waals surface area contributed by atoms with Crippen LogP contribution in [0.2, 0.25) is 0 Å². The van der Waals surface area contributed by atoms with E-state index >= 15 is 0 Å². The SMILES string of the molecule is CC[C@H]1[C@@H](O)[C@@H]2[C@H](CC[C@]3(C)[C@@H](CCCCOC(=O)NCc4ccccc4)CC[C@@H]23)[C@@]2(C)CC[C@@H](O)C[C@@H]12. The number of alkyl carbamates (subject to hydrolysis) is 1. The highest BCUT2D eigenvalue weighted by Crippen LogP contribution is 2.69. The van der Waals surface area contributed by atoms with Crippen molar-refractivity contribution >= 4 is 6.09 Å². The molecule has 212 valence electrons. The largest absolute Gasteiger partial charge is 0.450 e. The van der Waals surface area contributed by atoms with Gasteiger partial charge >= 0.3 is 6.09 Å². The molecular formula is C33H51NO4. The van der Waals surface area contributed by atoms with Crippen LogP contribution in [0.15, 0.2) is 30.3 Å². The fraction of sp³-hybridized carbons (Fsp3) is 0.788. The van der Waals surface area contributed by atoms with E-state index in [-0.39, 0.29) is 23.7 Å². The number of amides is 1. The molecule has 38 heavy (non-hydrogen) atoms. The van der Waals surface area contributed by atoms with Crippen LogP contribution in [0.3, 0.4) is 0 Å². The number of unbranched alkanes of at least 4 members (excludes halogenated alkanes) is 1. The molecule has 0 heterocycles. The summed E-state index contributed by atoms with van der Waals surface area (Å²) in [6.07, 6.45) is 11.4. The molecule has 0 spiro atoms. The van der Waals surface area contributed by atoms with Crippen molar-refractivity contribution in [3.05, 3.63) is 35.9 Å². The second kappa shape index (κ2) is 11.5. The van der Waals surface area contributed by atoms with E-state index in [1.54, 1.807) is 0 Å². The maximum absolute atomic E-state index is 12.1. The minimum Gasteiger partial charge on any atom is -0.450 e. The Hall–Kier alpha value is -1.59. The first-order valence-electron chi connectivity index (χ1n) is 15.6. The van der Waals surface area contributed by atoms with Crippen LogP contribution in [0.4, 0.5) is 4.79 Å². The molecule has 1 aromatic rings. The van der Waals surface area contributed by atoms with E-state index in [1.165, 1.54) is 32.1 Å². The fourth-order valence-electron chi connectivity index (χ4n) is 10.0. The minimum absolute atomic E-state index is 0.186. The Morgan fingerprint density at radius 2 is 1.71 bits per heavy atom. The molecule has 1 amide bonds. The topological polar surface area (TPSA) is 78.8 Å². The summed E-state index contributed by atoms with van der Waals surface area (Å²) in [6, 6.07) is 9.90. The van der Waals surface area contributed by atoms with E-state index in [0.29, 0.717) is 54.1 Å². The molecule has 4 aliphatic carbocycles. The van der Waals surface area contributed by atoms with E-state index in [1.807, 2.05) is 30.3 Å². The van der Waals surface area contributed by atoms with Crippen LogP contribution in [0.5, 0.6) is 0 Å². The summed E-state index contributed by atoms with van der Waals surface area (Å²) in [6.45, 7) is 8.27. The number of nitrogens with one attached hydrogen (secondary N) is 1. The molecule has 0 unspecified atom stereocenters. The zero-order chi connectivity index (χ0) is 26.9. The quantitative estimate of drug-likeness (QED) is 0.330. The number of rotatable bonds is 8. The summed E-state index contributed by atoms with van der Waals surface area (Å²) in [5.74, 6) is 3.10. The Morgan fingerprint density at radius 1 is 0.974 bits per heavy atom. The van der Waals surface area contributed by atoms with Gasteiger partial charge in [0, 0.05) is 6.54 Å². The molecule has 5 heteroatoms. The van der Waals surface area contributed by atoms with Gasteiger partial charge in [0.05, 0.1) is 18.8 Å². The highest BCUT2D eigenvalue weighted by molar-refractivity contribution is 5.67. The second-order valence-electron chi connectivity index (χ2n) is 13.7. The monoisotopic (exact) mass is 525 g/mol. The van der Waals surface area contributed by atoms with E-state index < -0.39 is 0 Å². The molecule has 5 rings (SSSR count). The third kappa shape index (κ3) is 5.14. The fourth-order valence-corrected chi connectivity index (χ4v) is 10.0. The lowest BCUT2D eigenvalue weighted by molar-refractivity contribution is -0.202. The normalized spacial score (nSPS) is 42.0. The molecule has 4 fully saturated rings. The molecule has 0 aromatic heterocycles. The Labute approximate surface area is 230 Å². The standard InChI is InChI=1S/C33H51NO4/c1-4-25-28-20-24(35)15-17-33(28,3)27-16-18-32(2)23(13-14-26(32)29(27)30(25)36)12-8-9-19-38-31(37)34-21-22-10-6-5-7-11-22/h5-7,10-11,23-30,35-36H,4,8-9,12-21H2,1-3H3,(H,34,37)/t23-,24+,25+,26-,27-,28-,29-,30+,32+,33+/m0/s1. The van der Waals surface area contributed by atoms with E-state index in [9.17, 15) is 15.0 Å². The molecule has 0 aliphatic heterocycles. The average Bonchev–Trinajstić information content (AvgIpc) is 3.25. The van der Waals surface area contributed by atoms with Crippen LogP contribution in [-0.4, -0.2) is 35.1 Å². The molecule has 3 N–H and O–H groups in total. The molecule has 0 radical (unpaired) electrons. The molecular weight excluding hydrogens is 474 g/mol. The predicted molar refractivity (Wildman–Crippen MR) is 150 cm³/mol. The van der Waals surface area contributed by atoms with Gasteiger partial charge in [-0.15, -0.1) is 0 Å². The number of ether oxygens (including phenoxy) is 1. The number of fused-ring (bicyclic) bond motifs is 5. The van der Waals surface area contributed by atoms with Crippen molar-refractivity contribution in [3.8, 4) is 0 Å². The first-order valence-corrected chi connectivity index (χ1v) is 15.6. The lowest BCUT2D eigenvalue weighted by Crippen LogP contribution is -2.62. The van der Waals surface area contributed by atoms with E-state index in [4.69, 9.17) is 4.74 Å². The van der Waals surface area contributed by atoms with Gasteiger partial charge in [0.1, 0.15) is 0 Å². The summed E-state index contributed by atoms with van der Waals surface area (Å²) in [5, 5.41) is 25.2. The van der Waals surface area contributed by atoms with Gasteiger partial charge in [0.15, 0.2) is 0 Å². The zero-order valence-corrected chi connectivity index (χ0v) is 23.9. The number of aliphatic hydroxyl groups excluding tert-OH is 2. The molecule has 0 bridgehead atoms. The van der Waals surface area contributed by atoms with Crippen LogP contribution in [-0.2, 0) is 11.3 Å². The molecule has 1 aromatic carbocycles. The van der Waals surface area contributed by atoms with Gasteiger partial charge < -0.3 is 20.3 Å². The predicted octanol–water partition coefficient (Wildman–Crippen LogP) is 6.71. The lowest BCUT2D eigenvalue weighted by Gasteiger charge is -2.64. The van der Waals surface area contributed by atoms with Crippen molar-refractivity contribution in [2.24, 2.45) is 46.3 Å². The van der Waals surface area contributed by atoms with Gasteiger partial charge in [-0.05, 0) is 116 Å². The number of hydrogen-bond donors (Lipinski definition) is 3. The molecule has 4 saturated carbocycles. The second-order valence-corrected chi connectivity index (χ2v) is 13.7. The van der Waals surface area contributed by atoms with E-state index in [2.05, 4.69) is 26.1 Å². The van der Waals surface area contributed by atoms with Crippen molar-refractivity contribution < 1.29 is 19.7 Å². The van der Waals surface area contributed by atoms with Crippen LogP contribution in [0.1, 0.15) is 97.0 Å². The van der Waals surface area contributed by atoms with Gasteiger partial charge in [-0.2, -0.15) is 0 Å². The Balaban J connectivity index is 1.14. The highest BCUT2D eigenvalue weighted by Gasteiger charge is 2.64. The molecule has 10 atom stereocenters. The average molecular weight is 526 g/mol. The third-order valence-corrected chi connectivity index (χ3v) is 12.0. The smallest absolute Gasteiger partial charge is 0.407 e. The zero-order valence-electron chi connectivity index (χ0n) is 23.9. The van der Waals surface area contributed by atoms with E-state index in [0.717, 1.165) is 44.1 Å². The van der Waals surface area contributed by atoms with Gasteiger partial charge in [-0.1, -0.05) is 57.5 Å². The number of benzene rings is 1. The summed E-state index contributed by atoms with van der Waals surface area (Å²) in [4.78, 5) is 12.1. The van der Waals surface area contributed by atoms with Crippen molar-refractivity contribution in [3.63, 3.8) is 0 Å². The summed E-state index contributed by atoms with van der Waals surface area (Å²) < 4.78 is 5.44. The first-order chi connectivity index (χ1) is 18.3. The van der Waals surface area contributed by atoms with Crippen LogP contribution in [0, 0.1) is 46.3 Å². The van der Waals surface area contributed by atoms with Gasteiger partial charge in [-0.3, -0.25) is 0 Å². The number of aliphatic hydroxyl groups is 2.